The van der Waals surface area contributed by atoms with E-state index in [1.807, 2.05) is 6.07 Å². The summed E-state index contributed by atoms with van der Waals surface area (Å²) >= 11 is 6.07. The lowest BCUT2D eigenvalue weighted by Gasteiger charge is -2.23. The summed E-state index contributed by atoms with van der Waals surface area (Å²) in [7, 11) is 1.29. The Balaban J connectivity index is 2.00. The molecule has 0 saturated heterocycles. The monoisotopic (exact) mass is 388 g/mol. The fourth-order valence-corrected chi connectivity index (χ4v) is 2.44. The van der Waals surface area contributed by atoms with Crippen LogP contribution in [0.4, 0.5) is 5.69 Å². The minimum absolute atomic E-state index is 0.225. The Morgan fingerprint density at radius 1 is 1.00 bits per heavy atom. The number of carbonyl (C=O) groups excluding carboxylic acids is 3. The Morgan fingerprint density at radius 3 is 2.22 bits per heavy atom. The molecule has 0 heterocycles. The van der Waals surface area contributed by atoms with Crippen molar-refractivity contribution >= 4 is 35.1 Å². The molecule has 6 nitrogen and oxygen atoms in total. The highest BCUT2D eigenvalue weighted by Gasteiger charge is 2.36. The van der Waals surface area contributed by atoms with Crippen molar-refractivity contribution in [2.24, 2.45) is 5.41 Å². The van der Waals surface area contributed by atoms with Gasteiger partial charge in [0.25, 0.3) is 0 Å². The molecule has 0 radical (unpaired) electrons. The maximum absolute atomic E-state index is 12.5. The molecule has 142 valence electrons. The molecule has 2 amide bonds. The SMILES string of the molecule is COC(=O)c1ccc(NC(=O)C(C)(C)C(=O)NCc2ccccc2Cl)cc1. The zero-order chi connectivity index (χ0) is 20.0. The molecule has 0 atom stereocenters. The number of ether oxygens (including phenoxy) is 1. The fraction of sp³-hybridized carbons (Fsp3) is 0.250. The zero-order valence-electron chi connectivity index (χ0n) is 15.3. The number of hydrogen-bond acceptors (Lipinski definition) is 4. The Kier molecular flexibility index (Phi) is 6.58. The summed E-state index contributed by atoms with van der Waals surface area (Å²) in [6, 6.07) is 13.4. The van der Waals surface area contributed by atoms with E-state index < -0.39 is 23.2 Å². The van der Waals surface area contributed by atoms with Crippen LogP contribution in [0.3, 0.4) is 0 Å². The van der Waals surface area contributed by atoms with Crippen LogP contribution >= 0.6 is 11.6 Å². The number of esters is 1. The first kappa shape index (κ1) is 20.5. The average molecular weight is 389 g/mol. The van der Waals surface area contributed by atoms with Gasteiger partial charge in [0.05, 0.1) is 12.7 Å². The van der Waals surface area contributed by atoms with Gasteiger partial charge in [-0.25, -0.2) is 4.79 Å². The third-order valence-electron chi connectivity index (χ3n) is 4.10. The quantitative estimate of drug-likeness (QED) is 0.586. The van der Waals surface area contributed by atoms with E-state index in [0.717, 1.165) is 5.56 Å². The van der Waals surface area contributed by atoms with Gasteiger partial charge in [-0.2, -0.15) is 0 Å². The standard InChI is InChI=1S/C20H21ClN2O4/c1-20(2,18(25)22-12-14-6-4-5-7-16(14)21)19(26)23-15-10-8-13(9-11-15)17(24)27-3/h4-11H,12H2,1-3H3,(H,22,25)(H,23,26). The maximum atomic E-state index is 12.5. The number of carbonyl (C=O) groups is 3. The van der Waals surface area contributed by atoms with Gasteiger partial charge in [-0.1, -0.05) is 29.8 Å². The number of nitrogens with one attached hydrogen (secondary N) is 2. The molecule has 2 aromatic rings. The molecular weight excluding hydrogens is 368 g/mol. The molecule has 0 aliphatic heterocycles. The molecule has 0 fully saturated rings. The summed E-state index contributed by atoms with van der Waals surface area (Å²) in [6.07, 6.45) is 0. The van der Waals surface area contributed by atoms with E-state index in [4.69, 9.17) is 11.6 Å². The van der Waals surface area contributed by atoms with E-state index in [0.29, 0.717) is 16.3 Å². The third-order valence-corrected chi connectivity index (χ3v) is 4.47. The molecular formula is C20H21ClN2O4. The first-order chi connectivity index (χ1) is 12.8. The van der Waals surface area contributed by atoms with Crippen LogP contribution in [0, 0.1) is 5.41 Å². The van der Waals surface area contributed by atoms with Gasteiger partial charge in [0, 0.05) is 17.3 Å². The van der Waals surface area contributed by atoms with Crippen LogP contribution in [0.25, 0.3) is 0 Å². The second-order valence-electron chi connectivity index (χ2n) is 6.42. The number of hydrogen-bond donors (Lipinski definition) is 2. The van der Waals surface area contributed by atoms with Crippen LogP contribution in [0.15, 0.2) is 48.5 Å². The molecule has 2 N–H and O–H groups in total. The van der Waals surface area contributed by atoms with Crippen molar-refractivity contribution in [2.75, 3.05) is 12.4 Å². The Labute approximate surface area is 162 Å². The van der Waals surface area contributed by atoms with E-state index in [1.54, 1.807) is 30.3 Å². The van der Waals surface area contributed by atoms with Crippen LogP contribution in [0.1, 0.15) is 29.8 Å². The molecule has 7 heteroatoms. The van der Waals surface area contributed by atoms with E-state index >= 15 is 0 Å². The Hall–Kier alpha value is -2.86. The summed E-state index contributed by atoms with van der Waals surface area (Å²) in [5, 5.41) is 5.96. The highest BCUT2D eigenvalue weighted by Crippen LogP contribution is 2.21. The smallest absolute Gasteiger partial charge is 0.337 e. The molecule has 0 aromatic heterocycles. The minimum atomic E-state index is -1.30. The van der Waals surface area contributed by atoms with E-state index in [9.17, 15) is 14.4 Å². The lowest BCUT2D eigenvalue weighted by molar-refractivity contribution is -0.138. The third kappa shape index (κ3) is 5.08. The van der Waals surface area contributed by atoms with Crippen molar-refractivity contribution in [2.45, 2.75) is 20.4 Å². The van der Waals surface area contributed by atoms with Gasteiger partial charge < -0.3 is 15.4 Å². The summed E-state index contributed by atoms with van der Waals surface area (Å²) in [5.74, 6) is -1.36. The second kappa shape index (κ2) is 8.68. The van der Waals surface area contributed by atoms with Gasteiger partial charge in [-0.15, -0.1) is 0 Å². The van der Waals surface area contributed by atoms with E-state index in [-0.39, 0.29) is 6.54 Å². The second-order valence-corrected chi connectivity index (χ2v) is 6.83. The zero-order valence-corrected chi connectivity index (χ0v) is 16.1. The Bertz CT molecular complexity index is 847. The number of halogens is 1. The molecule has 0 saturated carbocycles. The lowest BCUT2D eigenvalue weighted by atomic mass is 9.90. The van der Waals surface area contributed by atoms with Crippen molar-refractivity contribution in [1.82, 2.24) is 5.32 Å². The largest absolute Gasteiger partial charge is 0.465 e. The number of rotatable bonds is 6. The predicted octanol–water partition coefficient (Wildman–Crippen LogP) is 3.41. The first-order valence-electron chi connectivity index (χ1n) is 8.27. The minimum Gasteiger partial charge on any atom is -0.465 e. The topological polar surface area (TPSA) is 84.5 Å². The highest BCUT2D eigenvalue weighted by atomic mass is 35.5. The summed E-state index contributed by atoms with van der Waals surface area (Å²) < 4.78 is 4.63. The molecule has 0 unspecified atom stereocenters. The normalized spacial score (nSPS) is 10.8. The molecule has 2 rings (SSSR count). The van der Waals surface area contributed by atoms with Gasteiger partial charge >= 0.3 is 5.97 Å². The van der Waals surface area contributed by atoms with Gasteiger partial charge in [-0.3, -0.25) is 9.59 Å². The van der Waals surface area contributed by atoms with Crippen molar-refractivity contribution < 1.29 is 19.1 Å². The molecule has 0 aliphatic carbocycles. The molecule has 0 aliphatic rings. The Morgan fingerprint density at radius 2 is 1.63 bits per heavy atom. The number of methoxy groups -OCH3 is 1. The summed E-state index contributed by atoms with van der Waals surface area (Å²) in [5.41, 5.74) is 0.302. The summed E-state index contributed by atoms with van der Waals surface area (Å²) in [6.45, 7) is 3.29. The van der Waals surface area contributed by atoms with Crippen LogP contribution in [-0.2, 0) is 20.9 Å². The maximum Gasteiger partial charge on any atom is 0.337 e. The highest BCUT2D eigenvalue weighted by molar-refractivity contribution is 6.31. The predicted molar refractivity (Wildman–Crippen MR) is 103 cm³/mol. The molecule has 2 aromatic carbocycles. The number of anilines is 1. The van der Waals surface area contributed by atoms with E-state index in [1.165, 1.54) is 33.1 Å². The lowest BCUT2D eigenvalue weighted by Crippen LogP contribution is -2.44. The molecule has 0 bridgehead atoms. The van der Waals surface area contributed by atoms with Crippen molar-refractivity contribution in [3.8, 4) is 0 Å². The number of benzene rings is 2. The van der Waals surface area contributed by atoms with Gasteiger partial charge in [0.15, 0.2) is 0 Å². The van der Waals surface area contributed by atoms with Gasteiger partial charge in [0.1, 0.15) is 5.41 Å². The van der Waals surface area contributed by atoms with Crippen molar-refractivity contribution in [3.05, 3.63) is 64.7 Å². The van der Waals surface area contributed by atoms with Crippen LogP contribution in [-0.4, -0.2) is 24.9 Å². The first-order valence-corrected chi connectivity index (χ1v) is 8.65. The van der Waals surface area contributed by atoms with Crippen molar-refractivity contribution in [3.63, 3.8) is 0 Å². The fourth-order valence-electron chi connectivity index (χ4n) is 2.24. The molecule has 0 spiro atoms. The number of amides is 2. The van der Waals surface area contributed by atoms with Crippen molar-refractivity contribution in [1.29, 1.82) is 0 Å². The average Bonchev–Trinajstić information content (AvgIpc) is 2.66. The molecule has 27 heavy (non-hydrogen) atoms. The van der Waals surface area contributed by atoms with E-state index in [2.05, 4.69) is 15.4 Å². The van der Waals surface area contributed by atoms with Gasteiger partial charge in [0.2, 0.25) is 11.8 Å². The van der Waals surface area contributed by atoms with Crippen LogP contribution < -0.4 is 10.6 Å². The van der Waals surface area contributed by atoms with Crippen LogP contribution in [0.2, 0.25) is 5.02 Å². The van der Waals surface area contributed by atoms with Crippen LogP contribution in [0.5, 0.6) is 0 Å². The van der Waals surface area contributed by atoms with Gasteiger partial charge in [-0.05, 0) is 49.7 Å². The summed E-state index contributed by atoms with van der Waals surface area (Å²) in [4.78, 5) is 36.5.